The normalized spacial score (nSPS) is 13.9. The molecule has 3 aliphatic rings. The highest BCUT2D eigenvalue weighted by molar-refractivity contribution is 6.14. The molecular formula is C67H51NO. The summed E-state index contributed by atoms with van der Waals surface area (Å²) >= 11 is 0. The molecule has 2 nitrogen and oxygen atoms in total. The first-order valence-corrected chi connectivity index (χ1v) is 24.5. The molecule has 0 saturated carbocycles. The Labute approximate surface area is 404 Å². The highest BCUT2D eigenvalue weighted by Gasteiger charge is 2.53. The Balaban J connectivity index is 0.947. The summed E-state index contributed by atoms with van der Waals surface area (Å²) in [5, 5.41) is 4.83. The van der Waals surface area contributed by atoms with Gasteiger partial charge in [0.15, 0.2) is 0 Å². The molecule has 0 unspecified atom stereocenters. The van der Waals surface area contributed by atoms with Crippen LogP contribution in [-0.2, 0) is 16.2 Å². The number of hydrogen-bond acceptors (Lipinski definition) is 1. The standard InChI is InChI=1S/C67H51NO/c1-65(2,3)42-28-30-47-48-31-29-43(66(4,5)6)39-58(48)67(57(47)38-42)55-23-12-10-19-52(55)63-46(20-15-24-56(63)67)41-27-34-61-54(37-41)51-22-14-21-50-45(32-35-62(69-61)64(50)51)40-26-33-60-53(36-40)49-18-11-13-25-59(49)68(60)44-16-8-7-9-17-44/h7-39H,1-6H3. The number of aromatic nitrogens is 1. The van der Waals surface area contributed by atoms with Gasteiger partial charge in [-0.3, -0.25) is 0 Å². The van der Waals surface area contributed by atoms with Crippen LogP contribution in [0.3, 0.4) is 0 Å². The fraction of sp³-hybridized carbons (Fsp3) is 0.134. The summed E-state index contributed by atoms with van der Waals surface area (Å²) in [5.74, 6) is 1.78. The molecule has 1 aliphatic heterocycles. The second-order valence-corrected chi connectivity index (χ2v) is 21.6. The van der Waals surface area contributed by atoms with Crippen LogP contribution in [0.25, 0.3) is 93.9 Å². The van der Waals surface area contributed by atoms with Gasteiger partial charge in [-0.2, -0.15) is 0 Å². The molecule has 0 amide bonds. The van der Waals surface area contributed by atoms with Crippen molar-refractivity contribution in [3.63, 3.8) is 0 Å². The van der Waals surface area contributed by atoms with Gasteiger partial charge in [0, 0.05) is 27.4 Å². The van der Waals surface area contributed by atoms with Gasteiger partial charge in [0.25, 0.3) is 0 Å². The summed E-state index contributed by atoms with van der Waals surface area (Å²) in [6.45, 7) is 14.0. The van der Waals surface area contributed by atoms with E-state index < -0.39 is 5.41 Å². The molecule has 0 atom stereocenters. The average Bonchev–Trinajstić information content (AvgIpc) is 3.97. The highest BCUT2D eigenvalue weighted by Crippen LogP contribution is 2.65. The van der Waals surface area contributed by atoms with E-state index in [1.54, 1.807) is 0 Å². The second kappa shape index (κ2) is 14.1. The lowest BCUT2D eigenvalue weighted by molar-refractivity contribution is 0.487. The molecule has 11 aromatic rings. The van der Waals surface area contributed by atoms with Crippen LogP contribution in [0.5, 0.6) is 11.5 Å². The lowest BCUT2D eigenvalue weighted by Gasteiger charge is -2.33. The zero-order chi connectivity index (χ0) is 46.6. The third-order valence-corrected chi connectivity index (χ3v) is 15.7. The summed E-state index contributed by atoms with van der Waals surface area (Å²) in [4.78, 5) is 0. The zero-order valence-electron chi connectivity index (χ0n) is 39.9. The summed E-state index contributed by atoms with van der Waals surface area (Å²) < 4.78 is 9.27. The molecule has 2 heterocycles. The maximum absolute atomic E-state index is 6.89. The fourth-order valence-corrected chi connectivity index (χ4v) is 12.5. The lowest BCUT2D eigenvalue weighted by Crippen LogP contribution is -2.27. The van der Waals surface area contributed by atoms with Crippen LogP contribution in [-0.4, -0.2) is 4.57 Å². The first-order chi connectivity index (χ1) is 33.5. The molecule has 2 heteroatoms. The number of para-hydroxylation sites is 2. The van der Waals surface area contributed by atoms with E-state index in [9.17, 15) is 0 Å². The number of hydrogen-bond donors (Lipinski definition) is 0. The van der Waals surface area contributed by atoms with E-state index in [4.69, 9.17) is 4.74 Å². The number of fused-ring (bicyclic) bond motifs is 15. The van der Waals surface area contributed by atoms with E-state index in [1.807, 2.05) is 0 Å². The molecule has 0 radical (unpaired) electrons. The zero-order valence-corrected chi connectivity index (χ0v) is 39.9. The minimum absolute atomic E-state index is 0.00433. The predicted octanol–water partition coefficient (Wildman–Crippen LogP) is 18.0. The van der Waals surface area contributed by atoms with Crippen LogP contribution in [0.4, 0.5) is 0 Å². The first-order valence-electron chi connectivity index (χ1n) is 24.5. The van der Waals surface area contributed by atoms with Crippen LogP contribution in [0, 0.1) is 0 Å². The van der Waals surface area contributed by atoms with Crippen molar-refractivity contribution in [3.05, 3.63) is 234 Å². The molecule has 0 N–H and O–H groups in total. The minimum Gasteiger partial charge on any atom is -0.456 e. The second-order valence-electron chi connectivity index (χ2n) is 21.6. The Morgan fingerprint density at radius 3 is 1.71 bits per heavy atom. The van der Waals surface area contributed by atoms with Crippen molar-refractivity contribution in [1.29, 1.82) is 0 Å². The summed E-state index contributed by atoms with van der Waals surface area (Å²) in [6, 6.07) is 75.3. The van der Waals surface area contributed by atoms with Gasteiger partial charge in [0.2, 0.25) is 0 Å². The van der Waals surface area contributed by atoms with Crippen LogP contribution in [0.1, 0.15) is 74.9 Å². The van der Waals surface area contributed by atoms with E-state index in [0.717, 1.165) is 28.1 Å². The lowest BCUT2D eigenvalue weighted by atomic mass is 9.68. The molecule has 1 aromatic heterocycles. The van der Waals surface area contributed by atoms with Gasteiger partial charge >= 0.3 is 0 Å². The Morgan fingerprint density at radius 2 is 0.942 bits per heavy atom. The van der Waals surface area contributed by atoms with Crippen molar-refractivity contribution in [2.75, 3.05) is 0 Å². The van der Waals surface area contributed by atoms with Crippen LogP contribution in [0.15, 0.2) is 200 Å². The third kappa shape index (κ3) is 5.55. The molecule has 0 saturated heterocycles. The van der Waals surface area contributed by atoms with Crippen molar-refractivity contribution in [1.82, 2.24) is 4.57 Å². The van der Waals surface area contributed by atoms with Gasteiger partial charge < -0.3 is 9.30 Å². The van der Waals surface area contributed by atoms with Crippen molar-refractivity contribution in [3.8, 4) is 72.8 Å². The third-order valence-electron chi connectivity index (χ3n) is 15.7. The van der Waals surface area contributed by atoms with Crippen molar-refractivity contribution >= 4 is 32.6 Å². The van der Waals surface area contributed by atoms with Gasteiger partial charge in [0.05, 0.1) is 16.4 Å². The Kier molecular flexibility index (Phi) is 8.18. The topological polar surface area (TPSA) is 14.2 Å². The molecule has 1 spiro atoms. The number of rotatable bonds is 3. The Morgan fingerprint density at radius 1 is 0.362 bits per heavy atom. The summed E-state index contributed by atoms with van der Waals surface area (Å²) in [7, 11) is 0. The van der Waals surface area contributed by atoms with Crippen LogP contribution in [0.2, 0.25) is 0 Å². The molecule has 14 rings (SSSR count). The summed E-state index contributed by atoms with van der Waals surface area (Å²) in [6.07, 6.45) is 0. The molecule has 0 fully saturated rings. The number of benzene rings is 10. The van der Waals surface area contributed by atoms with Crippen molar-refractivity contribution in [2.24, 2.45) is 0 Å². The molecule has 2 aliphatic carbocycles. The quantitative estimate of drug-likeness (QED) is 0.172. The van der Waals surface area contributed by atoms with Gasteiger partial charge in [-0.25, -0.2) is 0 Å². The van der Waals surface area contributed by atoms with Crippen LogP contribution >= 0.6 is 0 Å². The summed E-state index contributed by atoms with van der Waals surface area (Å²) in [5.41, 5.74) is 23.7. The largest absolute Gasteiger partial charge is 0.456 e. The van der Waals surface area contributed by atoms with Crippen molar-refractivity contribution in [2.45, 2.75) is 57.8 Å². The number of nitrogens with zero attached hydrogens (tertiary/aromatic N) is 1. The molecule has 10 aromatic carbocycles. The molecule has 330 valence electrons. The highest BCUT2D eigenvalue weighted by atomic mass is 16.5. The van der Waals surface area contributed by atoms with Gasteiger partial charge in [0.1, 0.15) is 11.5 Å². The maximum atomic E-state index is 6.89. The van der Waals surface area contributed by atoms with E-state index >= 15 is 0 Å². The Hall–Kier alpha value is -7.94. The van der Waals surface area contributed by atoms with Gasteiger partial charge in [-0.05, 0) is 148 Å². The molecule has 0 bridgehead atoms. The maximum Gasteiger partial charge on any atom is 0.135 e. The number of ether oxygens (including phenoxy) is 1. The smallest absolute Gasteiger partial charge is 0.135 e. The SMILES string of the molecule is CC(C)(C)c1ccc2c(c1)C1(c3cc(C(C)(C)C)ccc3-2)c2ccccc2-c2c(-c3ccc4c(c3)-c3cccc5c(-c6ccc7c(c6)c6ccccc6n7-c6ccccc6)ccc(c35)O4)cccc21. The Bertz CT molecular complexity index is 3940. The van der Waals surface area contributed by atoms with Gasteiger partial charge in [-0.15, -0.1) is 0 Å². The van der Waals surface area contributed by atoms with E-state index in [-0.39, 0.29) is 10.8 Å². The van der Waals surface area contributed by atoms with Crippen molar-refractivity contribution < 1.29 is 4.74 Å². The minimum atomic E-state index is -0.465. The van der Waals surface area contributed by atoms with Crippen LogP contribution < -0.4 is 4.74 Å². The van der Waals surface area contributed by atoms with E-state index in [0.29, 0.717) is 0 Å². The van der Waals surface area contributed by atoms with E-state index in [2.05, 4.69) is 246 Å². The first kappa shape index (κ1) is 40.2. The molecular weight excluding hydrogens is 835 g/mol. The van der Waals surface area contributed by atoms with E-state index in [1.165, 1.54) is 111 Å². The predicted molar refractivity (Wildman–Crippen MR) is 288 cm³/mol. The fourth-order valence-electron chi connectivity index (χ4n) is 12.5. The van der Waals surface area contributed by atoms with Gasteiger partial charge in [-0.1, -0.05) is 193 Å². The molecule has 69 heavy (non-hydrogen) atoms. The monoisotopic (exact) mass is 885 g/mol. The average molecular weight is 886 g/mol.